The van der Waals surface area contributed by atoms with Crippen LogP contribution >= 0.6 is 0 Å². The zero-order valence-electron chi connectivity index (χ0n) is 9.59. The molecular weight excluding hydrogens is 218 g/mol. The number of hydrogen-bond donors (Lipinski definition) is 0. The smallest absolute Gasteiger partial charge is 0.258 e. The maximum Gasteiger partial charge on any atom is 0.270 e. The summed E-state index contributed by atoms with van der Waals surface area (Å²) in [6, 6.07) is 4.64. The molecule has 88 valence electrons. The summed E-state index contributed by atoms with van der Waals surface area (Å²) in [6.07, 6.45) is 4.66. The molecule has 0 spiro atoms. The van der Waals surface area contributed by atoms with E-state index in [0.29, 0.717) is 5.39 Å². The molecule has 1 aromatic carbocycles. The van der Waals surface area contributed by atoms with Gasteiger partial charge in [-0.3, -0.25) is 10.1 Å². The summed E-state index contributed by atoms with van der Waals surface area (Å²) in [5.74, 6) is 0.799. The molecule has 0 atom stereocenters. The van der Waals surface area contributed by atoms with Gasteiger partial charge in [0, 0.05) is 30.1 Å². The van der Waals surface area contributed by atoms with Gasteiger partial charge in [0.15, 0.2) is 0 Å². The number of fused-ring (bicyclic) bond motifs is 1. The van der Waals surface area contributed by atoms with Crippen molar-refractivity contribution < 1.29 is 4.92 Å². The lowest BCUT2D eigenvalue weighted by Gasteiger charge is -2.01. The minimum absolute atomic E-state index is 0.0717. The van der Waals surface area contributed by atoms with E-state index in [0.717, 1.165) is 30.6 Å². The van der Waals surface area contributed by atoms with Crippen molar-refractivity contribution in [1.29, 1.82) is 0 Å². The number of aromatic nitrogens is 2. The third-order valence-corrected chi connectivity index (χ3v) is 2.58. The predicted octanol–water partition coefficient (Wildman–Crippen LogP) is 2.88. The number of nitrogens with zero attached hydrogens (tertiary/aromatic N) is 3. The van der Waals surface area contributed by atoms with E-state index in [4.69, 9.17) is 0 Å². The maximum absolute atomic E-state index is 10.6. The van der Waals surface area contributed by atoms with Crippen LogP contribution in [-0.2, 0) is 6.42 Å². The average Bonchev–Trinajstić information content (AvgIpc) is 2.35. The highest BCUT2D eigenvalue weighted by Crippen LogP contribution is 2.18. The van der Waals surface area contributed by atoms with Crippen LogP contribution in [0.4, 0.5) is 5.69 Å². The maximum atomic E-state index is 10.6. The van der Waals surface area contributed by atoms with Crippen LogP contribution in [0.2, 0.25) is 0 Å². The first-order valence-electron chi connectivity index (χ1n) is 5.61. The Bertz CT molecular complexity index is 554. The summed E-state index contributed by atoms with van der Waals surface area (Å²) in [5.41, 5.74) is 0.833. The van der Waals surface area contributed by atoms with E-state index in [1.54, 1.807) is 12.3 Å². The topological polar surface area (TPSA) is 68.9 Å². The van der Waals surface area contributed by atoms with E-state index in [1.807, 2.05) is 0 Å². The van der Waals surface area contributed by atoms with Crippen LogP contribution in [0.3, 0.4) is 0 Å². The van der Waals surface area contributed by atoms with Gasteiger partial charge in [-0.05, 0) is 12.5 Å². The molecule has 0 aliphatic rings. The van der Waals surface area contributed by atoms with Gasteiger partial charge in [-0.25, -0.2) is 9.97 Å². The lowest BCUT2D eigenvalue weighted by atomic mass is 10.2. The Kier molecular flexibility index (Phi) is 3.27. The standard InChI is InChI=1S/C12H13N3O2/c1-2-3-4-12-13-8-9-7-10(15(16)17)5-6-11(9)14-12/h5-8H,2-4H2,1H3. The summed E-state index contributed by atoms with van der Waals surface area (Å²) in [5, 5.41) is 11.3. The van der Waals surface area contributed by atoms with Crippen molar-refractivity contribution in [2.24, 2.45) is 0 Å². The largest absolute Gasteiger partial charge is 0.270 e. The van der Waals surface area contributed by atoms with E-state index in [9.17, 15) is 10.1 Å². The molecule has 0 N–H and O–H groups in total. The molecule has 5 heteroatoms. The van der Waals surface area contributed by atoms with Gasteiger partial charge in [0.2, 0.25) is 0 Å². The Labute approximate surface area is 98.7 Å². The first-order valence-corrected chi connectivity index (χ1v) is 5.61. The van der Waals surface area contributed by atoms with E-state index >= 15 is 0 Å². The van der Waals surface area contributed by atoms with Crippen LogP contribution in [-0.4, -0.2) is 14.9 Å². The van der Waals surface area contributed by atoms with E-state index in [1.165, 1.54) is 12.1 Å². The van der Waals surface area contributed by atoms with Gasteiger partial charge in [-0.2, -0.15) is 0 Å². The molecule has 0 radical (unpaired) electrons. The van der Waals surface area contributed by atoms with Gasteiger partial charge in [0.05, 0.1) is 10.4 Å². The fourth-order valence-corrected chi connectivity index (χ4v) is 1.63. The second-order valence-electron chi connectivity index (χ2n) is 3.89. The molecule has 2 rings (SSSR count). The van der Waals surface area contributed by atoms with Gasteiger partial charge in [0.25, 0.3) is 5.69 Å². The fraction of sp³-hybridized carbons (Fsp3) is 0.333. The number of hydrogen-bond acceptors (Lipinski definition) is 4. The van der Waals surface area contributed by atoms with Crippen LogP contribution in [0.15, 0.2) is 24.4 Å². The van der Waals surface area contributed by atoms with Crippen LogP contribution in [0, 0.1) is 10.1 Å². The van der Waals surface area contributed by atoms with Crippen LogP contribution < -0.4 is 0 Å². The van der Waals surface area contributed by atoms with Crippen LogP contribution in [0.25, 0.3) is 10.9 Å². The lowest BCUT2D eigenvalue weighted by molar-refractivity contribution is -0.384. The molecule has 0 saturated heterocycles. The van der Waals surface area contributed by atoms with Crippen LogP contribution in [0.1, 0.15) is 25.6 Å². The number of unbranched alkanes of at least 4 members (excludes halogenated alkanes) is 1. The highest BCUT2D eigenvalue weighted by molar-refractivity contribution is 5.80. The quantitative estimate of drug-likeness (QED) is 0.599. The predicted molar refractivity (Wildman–Crippen MR) is 64.8 cm³/mol. The number of non-ortho nitro benzene ring substituents is 1. The van der Waals surface area contributed by atoms with Gasteiger partial charge < -0.3 is 0 Å². The van der Waals surface area contributed by atoms with Crippen molar-refractivity contribution in [3.8, 4) is 0 Å². The normalized spacial score (nSPS) is 10.6. The molecule has 0 aliphatic carbocycles. The minimum atomic E-state index is -0.412. The first-order chi connectivity index (χ1) is 8.20. The van der Waals surface area contributed by atoms with Crippen molar-refractivity contribution in [3.05, 3.63) is 40.3 Å². The van der Waals surface area contributed by atoms with E-state index in [2.05, 4.69) is 16.9 Å². The van der Waals surface area contributed by atoms with Gasteiger partial charge >= 0.3 is 0 Å². The third-order valence-electron chi connectivity index (χ3n) is 2.58. The lowest BCUT2D eigenvalue weighted by Crippen LogP contribution is -1.95. The van der Waals surface area contributed by atoms with Crippen molar-refractivity contribution in [2.75, 3.05) is 0 Å². The second-order valence-corrected chi connectivity index (χ2v) is 3.89. The number of nitro groups is 1. The number of aryl methyl sites for hydroxylation is 1. The third kappa shape index (κ3) is 2.55. The molecule has 0 fully saturated rings. The van der Waals surface area contributed by atoms with Crippen molar-refractivity contribution in [1.82, 2.24) is 9.97 Å². The van der Waals surface area contributed by atoms with Gasteiger partial charge in [-0.1, -0.05) is 13.3 Å². The molecular formula is C12H13N3O2. The summed E-state index contributed by atoms with van der Waals surface area (Å²) < 4.78 is 0. The molecule has 2 aromatic rings. The minimum Gasteiger partial charge on any atom is -0.258 e. The SMILES string of the molecule is CCCCc1ncc2cc([N+](=O)[O-])ccc2n1. The molecule has 0 bridgehead atoms. The zero-order valence-corrected chi connectivity index (χ0v) is 9.59. The molecule has 17 heavy (non-hydrogen) atoms. The average molecular weight is 231 g/mol. The number of nitro benzene ring substituents is 1. The van der Waals surface area contributed by atoms with Crippen LogP contribution in [0.5, 0.6) is 0 Å². The number of benzene rings is 1. The highest BCUT2D eigenvalue weighted by atomic mass is 16.6. The Morgan fingerprint density at radius 1 is 1.41 bits per heavy atom. The molecule has 0 aliphatic heterocycles. The first kappa shape index (κ1) is 11.4. The molecule has 0 saturated carbocycles. The zero-order chi connectivity index (χ0) is 12.3. The van der Waals surface area contributed by atoms with Crippen molar-refractivity contribution in [3.63, 3.8) is 0 Å². The summed E-state index contributed by atoms with van der Waals surface area (Å²) in [4.78, 5) is 18.8. The molecule has 1 aromatic heterocycles. The van der Waals surface area contributed by atoms with Gasteiger partial charge in [0.1, 0.15) is 5.82 Å². The van der Waals surface area contributed by atoms with Crippen molar-refractivity contribution in [2.45, 2.75) is 26.2 Å². The summed E-state index contributed by atoms with van der Waals surface area (Å²) in [7, 11) is 0. The molecule has 5 nitrogen and oxygen atoms in total. The Morgan fingerprint density at radius 2 is 2.24 bits per heavy atom. The second kappa shape index (κ2) is 4.86. The molecule has 0 unspecified atom stereocenters. The number of rotatable bonds is 4. The Morgan fingerprint density at radius 3 is 2.94 bits per heavy atom. The molecule has 0 amide bonds. The summed E-state index contributed by atoms with van der Waals surface area (Å²) >= 11 is 0. The van der Waals surface area contributed by atoms with Gasteiger partial charge in [-0.15, -0.1) is 0 Å². The molecule has 1 heterocycles. The summed E-state index contributed by atoms with van der Waals surface area (Å²) in [6.45, 7) is 2.12. The highest BCUT2D eigenvalue weighted by Gasteiger charge is 2.07. The van der Waals surface area contributed by atoms with Crippen molar-refractivity contribution >= 4 is 16.6 Å². The Hall–Kier alpha value is -2.04. The monoisotopic (exact) mass is 231 g/mol. The Balaban J connectivity index is 2.36. The van der Waals surface area contributed by atoms with E-state index in [-0.39, 0.29) is 5.69 Å². The fourth-order valence-electron chi connectivity index (χ4n) is 1.63. The van der Waals surface area contributed by atoms with E-state index < -0.39 is 4.92 Å².